The first-order valence-electron chi connectivity index (χ1n) is 6.82. The topological polar surface area (TPSA) is 50.7 Å². The van der Waals surface area contributed by atoms with Crippen LogP contribution in [-0.4, -0.2) is 18.7 Å². The first kappa shape index (κ1) is 15.7. The summed E-state index contributed by atoms with van der Waals surface area (Å²) >= 11 is 0. The van der Waals surface area contributed by atoms with Crippen molar-refractivity contribution in [3.05, 3.63) is 65.0 Å². The van der Waals surface area contributed by atoms with Crippen LogP contribution >= 0.6 is 0 Å². The Hall–Kier alpha value is -2.69. The molecule has 0 spiro atoms. The van der Waals surface area contributed by atoms with Crippen LogP contribution in [0.25, 0.3) is 0 Å². The molecular weight excluding hydrogens is 283 g/mol. The highest BCUT2D eigenvalue weighted by Crippen LogP contribution is 2.15. The second-order valence-electron chi connectivity index (χ2n) is 4.93. The number of rotatable bonds is 5. The van der Waals surface area contributed by atoms with Crippen LogP contribution in [0.2, 0.25) is 0 Å². The molecule has 0 aliphatic rings. The Labute approximate surface area is 128 Å². The minimum Gasteiger partial charge on any atom is -0.386 e. The van der Waals surface area contributed by atoms with Crippen LogP contribution in [0, 0.1) is 19.7 Å². The molecule has 22 heavy (non-hydrogen) atoms. The summed E-state index contributed by atoms with van der Waals surface area (Å²) in [6.45, 7) is 3.70. The number of aryl methyl sites for hydroxylation is 2. The zero-order valence-electron chi connectivity index (χ0n) is 12.5. The van der Waals surface area contributed by atoms with E-state index >= 15 is 0 Å². The van der Waals surface area contributed by atoms with Crippen LogP contribution in [0.4, 0.5) is 10.1 Å². The van der Waals surface area contributed by atoms with Gasteiger partial charge in [-0.05, 0) is 43.2 Å². The molecule has 1 N–H and O–H groups in total. The molecule has 2 aromatic carbocycles. The third-order valence-electron chi connectivity index (χ3n) is 2.98. The Morgan fingerprint density at radius 3 is 2.82 bits per heavy atom. The van der Waals surface area contributed by atoms with E-state index in [0.717, 1.165) is 16.8 Å². The van der Waals surface area contributed by atoms with Crippen LogP contribution in [0.5, 0.6) is 0 Å². The molecule has 1 amide bonds. The molecule has 0 atom stereocenters. The van der Waals surface area contributed by atoms with Gasteiger partial charge in [0.2, 0.25) is 0 Å². The quantitative estimate of drug-likeness (QED) is 0.679. The minimum absolute atomic E-state index is 0.209. The van der Waals surface area contributed by atoms with Gasteiger partial charge < -0.3 is 10.2 Å². The van der Waals surface area contributed by atoms with E-state index in [2.05, 4.69) is 10.5 Å². The van der Waals surface area contributed by atoms with Crippen LogP contribution < -0.4 is 5.32 Å². The second kappa shape index (κ2) is 7.36. The standard InChI is InChI=1S/C17H17FN2O2/c1-12-6-7-16(13(2)8-12)20-17(21)11-22-19-10-14-4-3-5-15(18)9-14/h3-10H,11H2,1-2H3,(H,20,21)/b19-10-. The van der Waals surface area contributed by atoms with Crippen LogP contribution in [-0.2, 0) is 9.63 Å². The normalized spacial score (nSPS) is 10.7. The molecule has 0 aliphatic carbocycles. The lowest BCUT2D eigenvalue weighted by molar-refractivity contribution is -0.120. The predicted molar refractivity (Wildman–Crippen MR) is 84.5 cm³/mol. The number of carbonyl (C=O) groups excluding carboxylic acids is 1. The van der Waals surface area contributed by atoms with E-state index in [-0.39, 0.29) is 18.3 Å². The molecule has 2 rings (SSSR count). The maximum Gasteiger partial charge on any atom is 0.265 e. The third-order valence-corrected chi connectivity index (χ3v) is 2.98. The summed E-state index contributed by atoms with van der Waals surface area (Å²) in [4.78, 5) is 16.7. The average Bonchev–Trinajstić information content (AvgIpc) is 2.47. The van der Waals surface area contributed by atoms with Crippen molar-refractivity contribution in [3.63, 3.8) is 0 Å². The maximum atomic E-state index is 12.9. The Bertz CT molecular complexity index is 699. The molecule has 0 aliphatic heterocycles. The molecule has 0 bridgehead atoms. The SMILES string of the molecule is Cc1ccc(NC(=O)CO/N=C\c2cccc(F)c2)c(C)c1. The van der Waals surface area contributed by atoms with Gasteiger partial charge in [-0.15, -0.1) is 0 Å². The number of nitrogens with zero attached hydrogens (tertiary/aromatic N) is 1. The van der Waals surface area contributed by atoms with Gasteiger partial charge >= 0.3 is 0 Å². The smallest absolute Gasteiger partial charge is 0.265 e. The molecule has 0 unspecified atom stereocenters. The lowest BCUT2D eigenvalue weighted by Gasteiger charge is -2.08. The van der Waals surface area contributed by atoms with Gasteiger partial charge in [0.15, 0.2) is 6.61 Å². The van der Waals surface area contributed by atoms with Crippen molar-refractivity contribution in [3.8, 4) is 0 Å². The van der Waals surface area contributed by atoms with E-state index in [4.69, 9.17) is 4.84 Å². The monoisotopic (exact) mass is 300 g/mol. The number of oxime groups is 1. The number of benzene rings is 2. The fraction of sp³-hybridized carbons (Fsp3) is 0.176. The Balaban J connectivity index is 1.83. The Morgan fingerprint density at radius 1 is 1.27 bits per heavy atom. The molecule has 2 aromatic rings. The van der Waals surface area contributed by atoms with E-state index in [0.29, 0.717) is 5.56 Å². The number of hydrogen-bond acceptors (Lipinski definition) is 3. The predicted octanol–water partition coefficient (Wildman–Crippen LogP) is 3.43. The van der Waals surface area contributed by atoms with Crippen molar-refractivity contribution < 1.29 is 14.0 Å². The Kier molecular flexibility index (Phi) is 5.25. The summed E-state index contributed by atoms with van der Waals surface area (Å²) in [5.41, 5.74) is 3.42. The number of hydrogen-bond donors (Lipinski definition) is 1. The van der Waals surface area contributed by atoms with Gasteiger partial charge in [-0.1, -0.05) is 35.0 Å². The van der Waals surface area contributed by atoms with E-state index < -0.39 is 0 Å². The lowest BCUT2D eigenvalue weighted by Crippen LogP contribution is -2.17. The number of amides is 1. The van der Waals surface area contributed by atoms with E-state index in [9.17, 15) is 9.18 Å². The van der Waals surface area contributed by atoms with E-state index in [1.165, 1.54) is 18.3 Å². The van der Waals surface area contributed by atoms with Gasteiger partial charge in [-0.3, -0.25) is 4.79 Å². The number of nitrogens with one attached hydrogen (secondary N) is 1. The molecule has 0 aromatic heterocycles. The van der Waals surface area contributed by atoms with Gasteiger partial charge in [0.1, 0.15) is 5.82 Å². The largest absolute Gasteiger partial charge is 0.386 e. The molecule has 0 radical (unpaired) electrons. The minimum atomic E-state index is -0.350. The fourth-order valence-electron chi connectivity index (χ4n) is 1.92. The Morgan fingerprint density at radius 2 is 2.09 bits per heavy atom. The van der Waals surface area contributed by atoms with Gasteiger partial charge in [-0.25, -0.2) is 4.39 Å². The van der Waals surface area contributed by atoms with Crippen molar-refractivity contribution >= 4 is 17.8 Å². The van der Waals surface area contributed by atoms with Gasteiger partial charge in [-0.2, -0.15) is 0 Å². The van der Waals surface area contributed by atoms with Gasteiger partial charge in [0.25, 0.3) is 5.91 Å². The number of carbonyl (C=O) groups is 1. The van der Waals surface area contributed by atoms with Crippen LogP contribution in [0.3, 0.4) is 0 Å². The molecule has 4 nitrogen and oxygen atoms in total. The summed E-state index contributed by atoms with van der Waals surface area (Å²) < 4.78 is 12.9. The van der Waals surface area contributed by atoms with E-state index in [1.54, 1.807) is 12.1 Å². The zero-order chi connectivity index (χ0) is 15.9. The molecule has 114 valence electrons. The summed E-state index contributed by atoms with van der Waals surface area (Å²) in [6.07, 6.45) is 1.35. The zero-order valence-corrected chi connectivity index (χ0v) is 12.5. The summed E-state index contributed by atoms with van der Waals surface area (Å²) in [5, 5.41) is 6.40. The van der Waals surface area contributed by atoms with Crippen molar-refractivity contribution in [2.24, 2.45) is 5.16 Å². The van der Waals surface area contributed by atoms with Crippen molar-refractivity contribution in [2.75, 3.05) is 11.9 Å². The highest BCUT2D eigenvalue weighted by Gasteiger charge is 2.05. The van der Waals surface area contributed by atoms with Crippen LogP contribution in [0.15, 0.2) is 47.6 Å². The lowest BCUT2D eigenvalue weighted by atomic mass is 10.1. The molecule has 0 heterocycles. The highest BCUT2D eigenvalue weighted by atomic mass is 19.1. The first-order valence-corrected chi connectivity index (χ1v) is 6.82. The highest BCUT2D eigenvalue weighted by molar-refractivity contribution is 5.92. The number of halogens is 1. The maximum absolute atomic E-state index is 12.9. The molecule has 0 saturated carbocycles. The van der Waals surface area contributed by atoms with Crippen LogP contribution in [0.1, 0.15) is 16.7 Å². The van der Waals surface area contributed by atoms with Crippen molar-refractivity contribution in [2.45, 2.75) is 13.8 Å². The summed E-state index contributed by atoms with van der Waals surface area (Å²) in [6, 6.07) is 11.7. The average molecular weight is 300 g/mol. The second-order valence-corrected chi connectivity index (χ2v) is 4.93. The van der Waals surface area contributed by atoms with Crippen molar-refractivity contribution in [1.29, 1.82) is 0 Å². The molecular formula is C17H17FN2O2. The van der Waals surface area contributed by atoms with Gasteiger partial charge in [0, 0.05) is 5.69 Å². The van der Waals surface area contributed by atoms with E-state index in [1.807, 2.05) is 32.0 Å². The fourth-order valence-corrected chi connectivity index (χ4v) is 1.92. The van der Waals surface area contributed by atoms with Gasteiger partial charge in [0.05, 0.1) is 6.21 Å². The molecule has 0 saturated heterocycles. The van der Waals surface area contributed by atoms with Crippen molar-refractivity contribution in [1.82, 2.24) is 0 Å². The molecule has 0 fully saturated rings. The first-order chi connectivity index (χ1) is 10.5. The summed E-state index contributed by atoms with van der Waals surface area (Å²) in [5.74, 6) is -0.653. The molecule has 5 heteroatoms. The summed E-state index contributed by atoms with van der Waals surface area (Å²) in [7, 11) is 0. The number of anilines is 1. The third kappa shape index (κ3) is 4.70.